The number of phenolic OH excluding ortho intramolecular Hbond substituents is 1. The van der Waals surface area contributed by atoms with Crippen LogP contribution >= 0.6 is 0 Å². The molecule has 0 aliphatic carbocycles. The van der Waals surface area contributed by atoms with E-state index >= 15 is 0 Å². The normalized spacial score (nSPS) is 13.8. The average molecular weight is 227 g/mol. The Labute approximate surface area is 78.9 Å². The van der Waals surface area contributed by atoms with Crippen molar-refractivity contribution in [2.24, 2.45) is 0 Å². The van der Waals surface area contributed by atoms with Crippen LogP contribution in [0, 0.1) is 0 Å². The molecule has 12 heavy (non-hydrogen) atoms. The molecule has 1 rings (SSSR count). The number of aliphatic hydroxyl groups is 1. The van der Waals surface area contributed by atoms with Gasteiger partial charge in [-0.25, -0.2) is 0 Å². The van der Waals surface area contributed by atoms with Crippen molar-refractivity contribution in [3.05, 3.63) is 29.8 Å². The Hall–Kier alpha value is -0.462. The van der Waals surface area contributed by atoms with Crippen LogP contribution in [0.2, 0.25) is 10.9 Å². The molecule has 0 fully saturated rings. The van der Waals surface area contributed by atoms with Crippen molar-refractivity contribution in [2.45, 2.75) is 17.0 Å². The molecule has 0 aromatic heterocycles. The van der Waals surface area contributed by atoms with Crippen molar-refractivity contribution in [1.82, 2.24) is 0 Å². The van der Waals surface area contributed by atoms with Crippen molar-refractivity contribution in [3.63, 3.8) is 0 Å². The summed E-state index contributed by atoms with van der Waals surface area (Å²) in [6, 6.07) is 6.80. The first-order valence-corrected chi connectivity index (χ1v) is 6.97. The van der Waals surface area contributed by atoms with Gasteiger partial charge in [-0.1, -0.05) is 0 Å². The number of phenols is 1. The number of aromatic hydroxyl groups is 1. The molecule has 0 saturated heterocycles. The Morgan fingerprint density at radius 2 is 2.25 bits per heavy atom. The minimum absolute atomic E-state index is 0.221. The summed E-state index contributed by atoms with van der Waals surface area (Å²) in [6.07, 6.45) is -0.401. The molecule has 0 spiro atoms. The Kier molecular flexibility index (Phi) is 3.64. The second-order valence-corrected chi connectivity index (χ2v) is 4.70. The van der Waals surface area contributed by atoms with Crippen LogP contribution in [-0.2, 0) is 0 Å². The van der Waals surface area contributed by atoms with E-state index in [4.69, 9.17) is 5.11 Å². The molecule has 0 heterocycles. The third kappa shape index (κ3) is 2.54. The molecule has 1 aromatic carbocycles. The fourth-order valence-corrected chi connectivity index (χ4v) is 2.18. The summed E-state index contributed by atoms with van der Waals surface area (Å²) in [5.74, 6) is 0.221. The Balaban J connectivity index is 2.73. The van der Waals surface area contributed by atoms with Gasteiger partial charge in [0.2, 0.25) is 0 Å². The zero-order valence-corrected chi connectivity index (χ0v) is 8.81. The Bertz CT molecular complexity index is 250. The van der Waals surface area contributed by atoms with Gasteiger partial charge in [-0.2, -0.15) is 0 Å². The molecule has 1 unspecified atom stereocenters. The summed E-state index contributed by atoms with van der Waals surface area (Å²) in [6.45, 7) is 0. The van der Waals surface area contributed by atoms with E-state index in [0.29, 0.717) is 0 Å². The first-order chi connectivity index (χ1) is 5.74. The average Bonchev–Trinajstić information content (AvgIpc) is 2.05. The molecule has 0 amide bonds. The van der Waals surface area contributed by atoms with Gasteiger partial charge < -0.3 is 0 Å². The number of benzene rings is 1. The van der Waals surface area contributed by atoms with Crippen molar-refractivity contribution < 1.29 is 10.2 Å². The summed E-state index contributed by atoms with van der Waals surface area (Å²) < 4.78 is 0. The van der Waals surface area contributed by atoms with Crippen LogP contribution in [0.3, 0.4) is 0 Å². The van der Waals surface area contributed by atoms with Crippen LogP contribution in [0.25, 0.3) is 0 Å². The van der Waals surface area contributed by atoms with Gasteiger partial charge in [0.15, 0.2) is 0 Å². The van der Waals surface area contributed by atoms with E-state index < -0.39 is 6.10 Å². The zero-order chi connectivity index (χ0) is 8.97. The van der Waals surface area contributed by atoms with E-state index in [2.05, 4.69) is 5.71 Å². The first-order valence-electron chi connectivity index (χ1n) is 3.76. The summed E-state index contributed by atoms with van der Waals surface area (Å²) in [5.41, 5.74) is 2.93. The predicted molar refractivity (Wildman–Crippen MR) is 49.5 cm³/mol. The van der Waals surface area contributed by atoms with Crippen LogP contribution in [0.15, 0.2) is 24.3 Å². The van der Waals surface area contributed by atoms with Crippen LogP contribution < -0.4 is 0 Å². The van der Waals surface area contributed by atoms with Crippen LogP contribution in [-0.4, -0.2) is 26.0 Å². The van der Waals surface area contributed by atoms with Crippen molar-refractivity contribution in [2.75, 3.05) is 0 Å². The van der Waals surface area contributed by atoms with Gasteiger partial charge >= 0.3 is 78.6 Å². The number of rotatable bonds is 3. The number of aliphatic hydroxyl groups excluding tert-OH is 1. The SMILES string of the molecule is C[As]CC(O)c1cccc(O)c1. The van der Waals surface area contributed by atoms with Crippen molar-refractivity contribution >= 4 is 15.8 Å². The third-order valence-corrected chi connectivity index (χ3v) is 3.10. The molecule has 1 radical (unpaired) electrons. The quantitative estimate of drug-likeness (QED) is 0.770. The Morgan fingerprint density at radius 3 is 2.83 bits per heavy atom. The van der Waals surface area contributed by atoms with E-state index in [9.17, 15) is 5.11 Å². The first kappa shape index (κ1) is 9.63. The van der Waals surface area contributed by atoms with E-state index in [1.54, 1.807) is 18.2 Å². The fraction of sp³-hybridized carbons (Fsp3) is 0.333. The van der Waals surface area contributed by atoms with Crippen molar-refractivity contribution in [3.8, 4) is 5.75 Å². The van der Waals surface area contributed by atoms with Gasteiger partial charge in [-0.3, -0.25) is 0 Å². The van der Waals surface area contributed by atoms with Crippen molar-refractivity contribution in [1.29, 1.82) is 0 Å². The van der Waals surface area contributed by atoms with E-state index in [1.165, 1.54) is 0 Å². The van der Waals surface area contributed by atoms with E-state index in [0.717, 1.165) is 10.8 Å². The van der Waals surface area contributed by atoms with E-state index in [-0.39, 0.29) is 21.5 Å². The maximum atomic E-state index is 9.56. The fourth-order valence-electron chi connectivity index (χ4n) is 1.01. The minimum atomic E-state index is -0.401. The summed E-state index contributed by atoms with van der Waals surface area (Å²) in [4.78, 5) is 0. The number of hydrogen-bond donors (Lipinski definition) is 2. The molecule has 0 bridgehead atoms. The van der Waals surface area contributed by atoms with Crippen LogP contribution in [0.4, 0.5) is 0 Å². The molecule has 0 saturated carbocycles. The summed E-state index contributed by atoms with van der Waals surface area (Å²) >= 11 is 0.224. The molecule has 0 aliphatic heterocycles. The third-order valence-electron chi connectivity index (χ3n) is 1.61. The second-order valence-electron chi connectivity index (χ2n) is 2.61. The zero-order valence-electron chi connectivity index (χ0n) is 6.94. The van der Waals surface area contributed by atoms with Crippen LogP contribution in [0.5, 0.6) is 5.75 Å². The maximum absolute atomic E-state index is 9.56. The van der Waals surface area contributed by atoms with Gasteiger partial charge in [-0.15, -0.1) is 0 Å². The molecular formula is C9H12AsO2. The molecular weight excluding hydrogens is 215 g/mol. The van der Waals surface area contributed by atoms with Gasteiger partial charge in [0.1, 0.15) is 0 Å². The number of hydrogen-bond acceptors (Lipinski definition) is 2. The monoisotopic (exact) mass is 227 g/mol. The molecule has 65 valence electrons. The van der Waals surface area contributed by atoms with Gasteiger partial charge in [0.05, 0.1) is 0 Å². The molecule has 2 N–H and O–H groups in total. The van der Waals surface area contributed by atoms with Gasteiger partial charge in [0.25, 0.3) is 0 Å². The second kappa shape index (κ2) is 4.54. The predicted octanol–water partition coefficient (Wildman–Crippen LogP) is 1.60. The standard InChI is InChI=1S/C9H12AsO2/c1-10-6-9(12)7-3-2-4-8(11)5-7/h2-5,9,11-12H,6H2,1H3. The topological polar surface area (TPSA) is 40.5 Å². The van der Waals surface area contributed by atoms with Gasteiger partial charge in [0, 0.05) is 0 Å². The Morgan fingerprint density at radius 1 is 1.50 bits per heavy atom. The molecule has 1 atom stereocenters. The van der Waals surface area contributed by atoms with E-state index in [1.807, 2.05) is 6.07 Å². The summed E-state index contributed by atoms with van der Waals surface area (Å²) in [7, 11) is 0. The van der Waals surface area contributed by atoms with Crippen LogP contribution in [0.1, 0.15) is 11.7 Å². The molecule has 2 nitrogen and oxygen atoms in total. The molecule has 0 aliphatic rings. The van der Waals surface area contributed by atoms with Gasteiger partial charge in [-0.05, 0) is 0 Å². The molecule has 3 heteroatoms. The summed E-state index contributed by atoms with van der Waals surface area (Å²) in [5, 5.41) is 19.5. The molecule has 1 aromatic rings.